The number of nitrogens with zero attached hydrogens (tertiary/aromatic N) is 2. The first-order valence-electron chi connectivity index (χ1n) is 6.91. The molecule has 2 aliphatic heterocycles. The molecule has 2 aliphatic rings. The minimum Gasteiger partial charge on any atom is -0.481 e. The third kappa shape index (κ3) is 3.93. The van der Waals surface area contributed by atoms with E-state index in [2.05, 4.69) is 16.8 Å². The van der Waals surface area contributed by atoms with E-state index in [9.17, 15) is 4.79 Å². The molecule has 1 N–H and O–H groups in total. The molecule has 2 unspecified atom stereocenters. The molecule has 2 saturated heterocycles. The predicted molar refractivity (Wildman–Crippen MR) is 68.7 cm³/mol. The second kappa shape index (κ2) is 6.50. The summed E-state index contributed by atoms with van der Waals surface area (Å²) in [5, 5.41) is 8.77. The number of ether oxygens (including phenoxy) is 1. The van der Waals surface area contributed by atoms with Crippen molar-refractivity contribution >= 4 is 5.97 Å². The summed E-state index contributed by atoms with van der Waals surface area (Å²) in [4.78, 5) is 15.4. The molecule has 5 heteroatoms. The Morgan fingerprint density at radius 2 is 2.28 bits per heavy atom. The van der Waals surface area contributed by atoms with Crippen LogP contribution in [0.2, 0.25) is 0 Å². The second-order valence-electron chi connectivity index (χ2n) is 5.46. The van der Waals surface area contributed by atoms with E-state index >= 15 is 0 Å². The highest BCUT2D eigenvalue weighted by molar-refractivity contribution is 5.66. The first-order chi connectivity index (χ1) is 8.65. The van der Waals surface area contributed by atoms with Crippen molar-refractivity contribution in [3.63, 3.8) is 0 Å². The Labute approximate surface area is 109 Å². The van der Waals surface area contributed by atoms with Gasteiger partial charge in [0.15, 0.2) is 0 Å². The molecule has 18 heavy (non-hydrogen) atoms. The van der Waals surface area contributed by atoms with Crippen LogP contribution >= 0.6 is 0 Å². The molecule has 5 nitrogen and oxygen atoms in total. The molecule has 0 aromatic carbocycles. The van der Waals surface area contributed by atoms with Crippen LogP contribution < -0.4 is 0 Å². The monoisotopic (exact) mass is 256 g/mol. The maximum Gasteiger partial charge on any atom is 0.303 e. The van der Waals surface area contributed by atoms with Gasteiger partial charge in [-0.2, -0.15) is 0 Å². The second-order valence-corrected chi connectivity index (χ2v) is 5.46. The molecule has 0 spiro atoms. The van der Waals surface area contributed by atoms with Crippen molar-refractivity contribution in [2.75, 3.05) is 39.8 Å². The van der Waals surface area contributed by atoms with Crippen molar-refractivity contribution in [1.82, 2.24) is 9.80 Å². The number of carboxylic acids is 1. The number of carbonyl (C=O) groups is 1. The minimum atomic E-state index is -0.695. The summed E-state index contributed by atoms with van der Waals surface area (Å²) in [6.45, 7) is 4.98. The molecule has 0 amide bonds. The van der Waals surface area contributed by atoms with Crippen LogP contribution in [0.5, 0.6) is 0 Å². The lowest BCUT2D eigenvalue weighted by Gasteiger charge is -2.40. The third-order valence-corrected chi connectivity index (χ3v) is 4.04. The fraction of sp³-hybridized carbons (Fsp3) is 0.923. The Bertz CT molecular complexity index is 279. The van der Waals surface area contributed by atoms with Crippen LogP contribution in [0.4, 0.5) is 0 Å². The molecule has 2 atom stereocenters. The van der Waals surface area contributed by atoms with Crippen molar-refractivity contribution in [3.8, 4) is 0 Å². The predicted octanol–water partition coefficient (Wildman–Crippen LogP) is 0.646. The van der Waals surface area contributed by atoms with Crippen LogP contribution in [0.15, 0.2) is 0 Å². The number of piperazine rings is 1. The number of hydrogen-bond donors (Lipinski definition) is 1. The van der Waals surface area contributed by atoms with E-state index in [1.54, 1.807) is 0 Å². The summed E-state index contributed by atoms with van der Waals surface area (Å²) < 4.78 is 5.67. The molecule has 0 aromatic rings. The first kappa shape index (κ1) is 13.8. The standard InChI is InChI=1S/C13H24N2O3/c1-14-6-7-15(10-12-3-2-8-18-12)9-11(14)4-5-13(16)17/h11-12H,2-10H2,1H3,(H,16,17). The Morgan fingerprint density at radius 3 is 2.94 bits per heavy atom. The van der Waals surface area contributed by atoms with E-state index < -0.39 is 5.97 Å². The van der Waals surface area contributed by atoms with Gasteiger partial charge in [0.2, 0.25) is 0 Å². The van der Waals surface area contributed by atoms with Crippen molar-refractivity contribution in [2.45, 2.75) is 37.8 Å². The third-order valence-electron chi connectivity index (χ3n) is 4.04. The zero-order chi connectivity index (χ0) is 13.0. The summed E-state index contributed by atoms with van der Waals surface area (Å²) in [6.07, 6.45) is 3.76. The zero-order valence-electron chi connectivity index (χ0n) is 11.2. The van der Waals surface area contributed by atoms with Gasteiger partial charge in [-0.25, -0.2) is 0 Å². The van der Waals surface area contributed by atoms with Crippen LogP contribution in [-0.4, -0.2) is 72.9 Å². The lowest BCUT2D eigenvalue weighted by atomic mass is 10.1. The van der Waals surface area contributed by atoms with Gasteiger partial charge in [-0.1, -0.05) is 0 Å². The zero-order valence-corrected chi connectivity index (χ0v) is 11.2. The molecule has 2 rings (SSSR count). The lowest BCUT2D eigenvalue weighted by Crippen LogP contribution is -2.53. The Morgan fingerprint density at radius 1 is 1.44 bits per heavy atom. The van der Waals surface area contributed by atoms with Gasteiger partial charge in [0.1, 0.15) is 0 Å². The molecular weight excluding hydrogens is 232 g/mol. The molecule has 2 fully saturated rings. The number of likely N-dealkylation sites (N-methyl/N-ethyl adjacent to an activating group) is 1. The van der Waals surface area contributed by atoms with Gasteiger partial charge in [-0.15, -0.1) is 0 Å². The van der Waals surface area contributed by atoms with E-state index in [1.165, 1.54) is 12.8 Å². The molecule has 104 valence electrons. The molecule has 0 aliphatic carbocycles. The smallest absolute Gasteiger partial charge is 0.303 e. The van der Waals surface area contributed by atoms with E-state index in [-0.39, 0.29) is 6.42 Å². The summed E-state index contributed by atoms with van der Waals surface area (Å²) in [5.41, 5.74) is 0. The van der Waals surface area contributed by atoms with E-state index in [0.29, 0.717) is 12.1 Å². The Hall–Kier alpha value is -0.650. The number of carboxylic acid groups (broad SMARTS) is 1. The fourth-order valence-electron chi connectivity index (χ4n) is 2.85. The summed E-state index contributed by atoms with van der Waals surface area (Å²) in [5.74, 6) is -0.695. The van der Waals surface area contributed by atoms with Gasteiger partial charge < -0.3 is 14.7 Å². The highest BCUT2D eigenvalue weighted by atomic mass is 16.5. The molecule has 0 bridgehead atoms. The van der Waals surface area contributed by atoms with Crippen LogP contribution in [0, 0.1) is 0 Å². The quantitative estimate of drug-likeness (QED) is 0.782. The topological polar surface area (TPSA) is 53.0 Å². The maximum atomic E-state index is 10.7. The molecule has 0 aromatic heterocycles. The Balaban J connectivity index is 1.77. The number of rotatable bonds is 5. The summed E-state index contributed by atoms with van der Waals surface area (Å²) >= 11 is 0. The average molecular weight is 256 g/mol. The first-order valence-corrected chi connectivity index (χ1v) is 6.91. The molecule has 2 heterocycles. The van der Waals surface area contributed by atoms with Gasteiger partial charge in [-0.05, 0) is 26.3 Å². The van der Waals surface area contributed by atoms with Crippen LogP contribution in [-0.2, 0) is 9.53 Å². The van der Waals surface area contributed by atoms with Crippen LogP contribution in [0.3, 0.4) is 0 Å². The highest BCUT2D eigenvalue weighted by Crippen LogP contribution is 2.17. The van der Waals surface area contributed by atoms with Crippen molar-refractivity contribution in [2.24, 2.45) is 0 Å². The number of hydrogen-bond acceptors (Lipinski definition) is 4. The van der Waals surface area contributed by atoms with Gasteiger partial charge >= 0.3 is 5.97 Å². The Kier molecular flexibility index (Phi) is 4.97. The van der Waals surface area contributed by atoms with E-state index in [4.69, 9.17) is 9.84 Å². The summed E-state index contributed by atoms with van der Waals surface area (Å²) in [7, 11) is 2.09. The number of aliphatic carboxylic acids is 1. The van der Waals surface area contributed by atoms with Gasteiger partial charge in [-0.3, -0.25) is 9.69 Å². The largest absolute Gasteiger partial charge is 0.481 e. The molecule has 0 saturated carbocycles. The van der Waals surface area contributed by atoms with Crippen LogP contribution in [0.1, 0.15) is 25.7 Å². The van der Waals surface area contributed by atoms with Crippen molar-refractivity contribution in [1.29, 1.82) is 0 Å². The summed E-state index contributed by atoms with van der Waals surface area (Å²) in [6, 6.07) is 0.372. The van der Waals surface area contributed by atoms with Crippen molar-refractivity contribution in [3.05, 3.63) is 0 Å². The fourth-order valence-corrected chi connectivity index (χ4v) is 2.85. The lowest BCUT2D eigenvalue weighted by molar-refractivity contribution is -0.137. The normalized spacial score (nSPS) is 30.7. The van der Waals surface area contributed by atoms with E-state index in [0.717, 1.165) is 39.2 Å². The van der Waals surface area contributed by atoms with Gasteiger partial charge in [0, 0.05) is 45.2 Å². The van der Waals surface area contributed by atoms with Crippen LogP contribution in [0.25, 0.3) is 0 Å². The van der Waals surface area contributed by atoms with Gasteiger partial charge in [0.05, 0.1) is 6.10 Å². The SMILES string of the molecule is CN1CCN(CC2CCCO2)CC1CCC(=O)O. The minimum absolute atomic E-state index is 0.267. The highest BCUT2D eigenvalue weighted by Gasteiger charge is 2.27. The molecular formula is C13H24N2O3. The molecule has 0 radical (unpaired) electrons. The van der Waals surface area contributed by atoms with Gasteiger partial charge in [0.25, 0.3) is 0 Å². The van der Waals surface area contributed by atoms with E-state index in [1.807, 2.05) is 0 Å². The van der Waals surface area contributed by atoms with Crippen molar-refractivity contribution < 1.29 is 14.6 Å². The average Bonchev–Trinajstić information content (AvgIpc) is 2.82. The maximum absolute atomic E-state index is 10.7.